The summed E-state index contributed by atoms with van der Waals surface area (Å²) in [6, 6.07) is -1.30. The molecule has 3 N–H and O–H groups in total. The highest BCUT2D eigenvalue weighted by atomic mass is 16.7. The van der Waals surface area contributed by atoms with Gasteiger partial charge in [0.2, 0.25) is 0 Å². The summed E-state index contributed by atoms with van der Waals surface area (Å²) in [5, 5.41) is 17.3. The van der Waals surface area contributed by atoms with Crippen molar-refractivity contribution < 1.29 is 57.5 Å². The Bertz CT molecular complexity index is 1760. The number of hydrogen-bond acceptors (Lipinski definition) is 15. The van der Waals surface area contributed by atoms with Crippen LogP contribution in [-0.2, 0) is 42.8 Å². The number of rotatable bonds is 11. The number of likely N-dealkylation sites (N-methyl/N-ethyl adjacent to an activating group) is 1. The van der Waals surface area contributed by atoms with Crippen LogP contribution < -0.4 is 10.6 Å². The van der Waals surface area contributed by atoms with Gasteiger partial charge in [-0.3, -0.25) is 14.4 Å². The van der Waals surface area contributed by atoms with Crippen molar-refractivity contribution in [3.8, 4) is 0 Å². The van der Waals surface area contributed by atoms with Gasteiger partial charge in [-0.15, -0.1) is 0 Å². The van der Waals surface area contributed by atoms with Crippen LogP contribution in [0.4, 0.5) is 9.59 Å². The van der Waals surface area contributed by atoms with Crippen molar-refractivity contribution in [1.82, 2.24) is 25.5 Å². The Hall–Kier alpha value is -4.19. The largest absolute Gasteiger partial charge is 0.461 e. The van der Waals surface area contributed by atoms with E-state index in [1.165, 1.54) is 0 Å². The first-order valence-corrected chi connectivity index (χ1v) is 22.0. The average Bonchev–Trinajstić information content (AvgIpc) is 3.52. The summed E-state index contributed by atoms with van der Waals surface area (Å²) in [5.74, 6) is -5.23. The van der Waals surface area contributed by atoms with Gasteiger partial charge in [0, 0.05) is 54.2 Å². The highest BCUT2D eigenvalue weighted by molar-refractivity contribution is 5.85. The van der Waals surface area contributed by atoms with Crippen molar-refractivity contribution >= 4 is 36.0 Å². The minimum atomic E-state index is -1.74. The maximum atomic E-state index is 14.6. The second-order valence-corrected chi connectivity index (χ2v) is 18.7. The summed E-state index contributed by atoms with van der Waals surface area (Å²) >= 11 is 0. The number of carbonyl (C=O) groups excluding carboxylic acids is 5. The monoisotopic (exact) mass is 874 g/mol. The first-order chi connectivity index (χ1) is 28.9. The standard InChI is InChI=1S/C45H71N5O12/c1-15-32-45(12)36(49-43(56)62-45)27(8)33(51)25(6)20-44(11,61-42(55)46-18-16-17-30-21-47-38(23(2)3)48-22-30)37(60-41-34(52)31(50(13)14)19-26(7)57-41)28(9)35(29(10)40(54)58-32)59-39(53)24(4)5/h16-17,21-29,31-32,34-37,41,52H,15,18-20H2,1-14H3,(H,46,55)(H,49,56)/t25-,26-,27+,28+,29-,31+,32-,34-,35+,36-,37-,41+,44-,45-/m1/s1. The van der Waals surface area contributed by atoms with Gasteiger partial charge in [-0.25, -0.2) is 19.6 Å². The number of amides is 2. The van der Waals surface area contributed by atoms with Crippen molar-refractivity contribution in [1.29, 1.82) is 0 Å². The van der Waals surface area contributed by atoms with Crippen LogP contribution in [0.3, 0.4) is 0 Å². The van der Waals surface area contributed by atoms with Gasteiger partial charge in [-0.2, -0.15) is 0 Å². The average molecular weight is 874 g/mol. The Morgan fingerprint density at radius 1 is 1.05 bits per heavy atom. The zero-order valence-electron chi connectivity index (χ0n) is 39.0. The lowest BCUT2D eigenvalue weighted by molar-refractivity contribution is -0.298. The lowest BCUT2D eigenvalue weighted by atomic mass is 9.73. The van der Waals surface area contributed by atoms with E-state index in [0.717, 1.165) is 5.56 Å². The third-order valence-electron chi connectivity index (χ3n) is 12.6. The number of ether oxygens (including phenoxy) is 6. The van der Waals surface area contributed by atoms with E-state index < -0.39 is 102 Å². The Kier molecular flexibility index (Phi) is 17.1. The molecule has 0 bridgehead atoms. The van der Waals surface area contributed by atoms with E-state index in [1.807, 2.05) is 39.8 Å². The number of alkyl carbamates (subject to hydrolysis) is 2. The van der Waals surface area contributed by atoms with Crippen LogP contribution in [0.2, 0.25) is 0 Å². The van der Waals surface area contributed by atoms with E-state index >= 15 is 0 Å². The summed E-state index contributed by atoms with van der Waals surface area (Å²) in [5.41, 5.74) is -2.46. The van der Waals surface area contributed by atoms with Crippen molar-refractivity contribution in [2.45, 2.75) is 168 Å². The van der Waals surface area contributed by atoms with Gasteiger partial charge in [0.25, 0.3) is 0 Å². The van der Waals surface area contributed by atoms with E-state index in [-0.39, 0.29) is 43.2 Å². The normalized spacial score (nSPS) is 36.1. The zero-order valence-corrected chi connectivity index (χ0v) is 39.0. The number of hydrogen-bond donors (Lipinski definition) is 3. The fourth-order valence-corrected chi connectivity index (χ4v) is 9.02. The Morgan fingerprint density at radius 3 is 2.27 bits per heavy atom. The van der Waals surface area contributed by atoms with Gasteiger partial charge < -0.3 is 49.1 Å². The number of fused-ring (bicyclic) bond motifs is 1. The molecule has 3 aliphatic rings. The fourth-order valence-electron chi connectivity index (χ4n) is 9.02. The third kappa shape index (κ3) is 11.7. The van der Waals surface area contributed by atoms with Crippen LogP contribution in [0.25, 0.3) is 6.08 Å². The molecule has 2 amide bonds. The summed E-state index contributed by atoms with van der Waals surface area (Å²) in [4.78, 5) is 80.0. The lowest BCUT2D eigenvalue weighted by Gasteiger charge is -2.48. The number of carbonyl (C=O) groups is 5. The second kappa shape index (κ2) is 21.0. The molecule has 0 unspecified atom stereocenters. The number of aromatic nitrogens is 2. The predicted octanol–water partition coefficient (Wildman–Crippen LogP) is 5.18. The summed E-state index contributed by atoms with van der Waals surface area (Å²) in [6.07, 6.45) is -0.583. The SMILES string of the molecule is CC[C@H]1OC(=O)[C@H](C)[C@@H](OC(=O)C(C)C)[C@H](C)[C@@H](O[C@@H]2O[C@H](C)C[C@H](N(C)C)[C@H]2O)[C@](C)(OC(=O)NCC=Cc2cnc(C(C)C)nc2)C[C@@H](C)C(=O)[C@H](C)[C@H]2NC(=O)O[C@@]21C. The van der Waals surface area contributed by atoms with E-state index in [2.05, 4.69) is 20.6 Å². The molecule has 0 spiro atoms. The molecule has 62 heavy (non-hydrogen) atoms. The molecule has 17 heteroatoms. The number of cyclic esters (lactones) is 1. The van der Waals surface area contributed by atoms with E-state index in [0.29, 0.717) is 12.2 Å². The van der Waals surface area contributed by atoms with Gasteiger partial charge >= 0.3 is 24.1 Å². The van der Waals surface area contributed by atoms with Crippen LogP contribution in [0.1, 0.15) is 120 Å². The number of Topliss-reactive ketones (excluding diaryl/α,β-unsaturated/α-hetero) is 1. The van der Waals surface area contributed by atoms with Crippen molar-refractivity contribution in [3.63, 3.8) is 0 Å². The molecule has 0 radical (unpaired) electrons. The molecule has 3 fully saturated rings. The number of nitrogens with zero attached hydrogens (tertiary/aromatic N) is 3. The van der Waals surface area contributed by atoms with E-state index in [1.54, 1.807) is 86.9 Å². The quantitative estimate of drug-likeness (QED) is 0.193. The second-order valence-electron chi connectivity index (χ2n) is 18.7. The number of ketones is 1. The van der Waals surface area contributed by atoms with E-state index in [9.17, 15) is 29.1 Å². The molecule has 3 aliphatic heterocycles. The Labute approximate surface area is 366 Å². The molecule has 4 rings (SSSR count). The highest BCUT2D eigenvalue weighted by Crippen LogP contribution is 2.42. The molecule has 14 atom stereocenters. The molecule has 4 heterocycles. The van der Waals surface area contributed by atoms with Crippen LogP contribution >= 0.6 is 0 Å². The molecule has 0 aromatic carbocycles. The van der Waals surface area contributed by atoms with Crippen LogP contribution in [0, 0.1) is 29.6 Å². The molecule has 348 valence electrons. The molecule has 0 aliphatic carbocycles. The zero-order chi connectivity index (χ0) is 46.4. The van der Waals surface area contributed by atoms with Crippen molar-refractivity contribution in [2.24, 2.45) is 29.6 Å². The molecule has 3 saturated heterocycles. The molecular weight excluding hydrogens is 803 g/mol. The minimum absolute atomic E-state index is 0.0377. The predicted molar refractivity (Wildman–Crippen MR) is 228 cm³/mol. The number of aliphatic hydroxyl groups excluding tert-OH is 1. The van der Waals surface area contributed by atoms with Gasteiger partial charge in [0.15, 0.2) is 11.9 Å². The molecule has 1 aromatic heterocycles. The highest BCUT2D eigenvalue weighted by Gasteiger charge is 2.58. The first-order valence-electron chi connectivity index (χ1n) is 22.0. The summed E-state index contributed by atoms with van der Waals surface area (Å²) in [6.45, 7) is 20.9. The van der Waals surface area contributed by atoms with Gasteiger partial charge in [0.1, 0.15) is 41.6 Å². The molecular formula is C45H71N5O12. The van der Waals surface area contributed by atoms with Gasteiger partial charge in [0.05, 0.1) is 24.0 Å². The maximum absolute atomic E-state index is 14.6. The molecule has 17 nitrogen and oxygen atoms in total. The van der Waals surface area contributed by atoms with Crippen molar-refractivity contribution in [2.75, 3.05) is 20.6 Å². The van der Waals surface area contributed by atoms with Crippen molar-refractivity contribution in [3.05, 3.63) is 29.9 Å². The maximum Gasteiger partial charge on any atom is 0.408 e. The van der Waals surface area contributed by atoms with Gasteiger partial charge in [-0.1, -0.05) is 67.5 Å². The third-order valence-corrected chi connectivity index (χ3v) is 12.6. The summed E-state index contributed by atoms with van der Waals surface area (Å²) < 4.78 is 37.6. The fraction of sp³-hybridized carbons (Fsp3) is 0.756. The number of nitrogens with one attached hydrogen (secondary N) is 2. The topological polar surface area (TPSA) is 214 Å². The molecule has 0 saturated carbocycles. The number of aliphatic hydroxyl groups is 1. The van der Waals surface area contributed by atoms with Gasteiger partial charge in [-0.05, 0) is 61.1 Å². The smallest absolute Gasteiger partial charge is 0.408 e. The minimum Gasteiger partial charge on any atom is -0.461 e. The first kappa shape index (κ1) is 50.5. The van der Waals surface area contributed by atoms with Crippen LogP contribution in [-0.4, -0.2) is 131 Å². The van der Waals surface area contributed by atoms with Crippen LogP contribution in [0.5, 0.6) is 0 Å². The Balaban J connectivity index is 1.85. The molecule has 1 aromatic rings. The Morgan fingerprint density at radius 2 is 1.69 bits per heavy atom. The summed E-state index contributed by atoms with van der Waals surface area (Å²) in [7, 11) is 3.67. The van der Waals surface area contributed by atoms with Crippen LogP contribution in [0.15, 0.2) is 18.5 Å². The lowest BCUT2D eigenvalue weighted by Crippen LogP contribution is -2.61. The number of esters is 2. The van der Waals surface area contributed by atoms with E-state index in [4.69, 9.17) is 28.4 Å².